The summed E-state index contributed by atoms with van der Waals surface area (Å²) in [7, 11) is 0. The van der Waals surface area contributed by atoms with Crippen LogP contribution in [0.3, 0.4) is 0 Å². The van der Waals surface area contributed by atoms with Gasteiger partial charge in [0.1, 0.15) is 5.82 Å². The van der Waals surface area contributed by atoms with E-state index in [1.54, 1.807) is 22.8 Å². The molecule has 3 heterocycles. The Balaban J connectivity index is 1.56. The minimum atomic E-state index is -0.398. The molecule has 4 rings (SSSR count). The zero-order chi connectivity index (χ0) is 18.6. The minimum absolute atomic E-state index is 0.0179. The van der Waals surface area contributed by atoms with Crippen LogP contribution >= 0.6 is 0 Å². The van der Waals surface area contributed by atoms with Gasteiger partial charge in [-0.15, -0.1) is 0 Å². The molecule has 27 heavy (non-hydrogen) atoms. The monoisotopic (exact) mass is 371 g/mol. The van der Waals surface area contributed by atoms with E-state index < -0.39 is 6.29 Å². The summed E-state index contributed by atoms with van der Waals surface area (Å²) in [4.78, 5) is 35.3. The quantitative estimate of drug-likeness (QED) is 0.839. The van der Waals surface area contributed by atoms with Crippen molar-refractivity contribution in [3.05, 3.63) is 39.9 Å². The number of nitrogens with one attached hydrogen (secondary N) is 1. The van der Waals surface area contributed by atoms with Gasteiger partial charge in [-0.1, -0.05) is 12.8 Å². The number of ether oxygens (including phenoxy) is 1. The Hall–Kier alpha value is -2.25. The molecule has 1 aromatic carbocycles. The van der Waals surface area contributed by atoms with E-state index in [9.17, 15) is 9.59 Å². The molecule has 1 N–H and O–H groups in total. The first-order chi connectivity index (χ1) is 13.2. The van der Waals surface area contributed by atoms with Gasteiger partial charge in [-0.2, -0.15) is 0 Å². The number of hydrogen-bond donors (Lipinski definition) is 1. The molecular formula is C20H25N3O4. The Morgan fingerprint density at radius 1 is 1.19 bits per heavy atom. The predicted molar refractivity (Wildman–Crippen MR) is 100 cm³/mol. The van der Waals surface area contributed by atoms with Crippen molar-refractivity contribution in [2.45, 2.75) is 64.2 Å². The smallest absolute Gasteiger partial charge is 0.275 e. The van der Waals surface area contributed by atoms with Crippen LogP contribution in [0.2, 0.25) is 0 Å². The molecule has 7 heteroatoms. The first-order valence-corrected chi connectivity index (χ1v) is 9.83. The summed E-state index contributed by atoms with van der Waals surface area (Å²) in [5.74, 6) is 0.455. The molecule has 0 aliphatic carbocycles. The summed E-state index contributed by atoms with van der Waals surface area (Å²) in [5, 5.41) is 0.549. The third kappa shape index (κ3) is 4.04. The fourth-order valence-corrected chi connectivity index (χ4v) is 3.72. The summed E-state index contributed by atoms with van der Waals surface area (Å²) in [5.41, 5.74) is 3.42. The second-order valence-corrected chi connectivity index (χ2v) is 7.23. The highest BCUT2D eigenvalue weighted by Crippen LogP contribution is 2.17. The fraction of sp³-hybridized carbons (Fsp3) is 0.550. The van der Waals surface area contributed by atoms with Gasteiger partial charge in [-0.05, 0) is 43.9 Å². The van der Waals surface area contributed by atoms with Crippen LogP contribution in [-0.4, -0.2) is 28.4 Å². The van der Waals surface area contributed by atoms with Gasteiger partial charge >= 0.3 is 0 Å². The fourth-order valence-electron chi connectivity index (χ4n) is 3.72. The molecule has 2 aromatic rings. The van der Waals surface area contributed by atoms with Crippen LogP contribution in [0.15, 0.2) is 23.0 Å². The first-order valence-electron chi connectivity index (χ1n) is 9.83. The van der Waals surface area contributed by atoms with Gasteiger partial charge in [0.2, 0.25) is 0 Å². The van der Waals surface area contributed by atoms with E-state index in [2.05, 4.69) is 10.5 Å². The normalized spacial score (nSPS) is 20.5. The van der Waals surface area contributed by atoms with Crippen molar-refractivity contribution in [2.75, 3.05) is 6.61 Å². The molecule has 0 unspecified atom stereocenters. The highest BCUT2D eigenvalue weighted by molar-refractivity contribution is 5.97. The Labute approximate surface area is 157 Å². The average Bonchev–Trinajstić information content (AvgIpc) is 2.68. The van der Waals surface area contributed by atoms with Crippen molar-refractivity contribution in [3.8, 4) is 0 Å². The highest BCUT2D eigenvalue weighted by Gasteiger charge is 2.18. The lowest BCUT2D eigenvalue weighted by Gasteiger charge is -2.22. The van der Waals surface area contributed by atoms with Crippen LogP contribution in [0, 0.1) is 0 Å². The number of aromatic nitrogens is 2. The molecule has 0 bridgehead atoms. The largest absolute Gasteiger partial charge is 0.350 e. The Bertz CT molecular complexity index is 887. The van der Waals surface area contributed by atoms with E-state index >= 15 is 0 Å². The van der Waals surface area contributed by atoms with Gasteiger partial charge in [-0.3, -0.25) is 14.2 Å². The van der Waals surface area contributed by atoms with Crippen LogP contribution in [0.25, 0.3) is 10.9 Å². The van der Waals surface area contributed by atoms with Crippen LogP contribution in [0.5, 0.6) is 0 Å². The molecule has 1 fully saturated rings. The van der Waals surface area contributed by atoms with Crippen LogP contribution in [0.1, 0.15) is 61.1 Å². The second-order valence-electron chi connectivity index (χ2n) is 7.23. The molecule has 2 aliphatic rings. The summed E-state index contributed by atoms with van der Waals surface area (Å²) in [6, 6.07) is 4.99. The summed E-state index contributed by atoms with van der Waals surface area (Å²) in [6.45, 7) is 1.37. The third-order valence-corrected chi connectivity index (χ3v) is 5.25. The zero-order valence-corrected chi connectivity index (χ0v) is 15.4. The van der Waals surface area contributed by atoms with Gasteiger partial charge in [0.25, 0.3) is 11.5 Å². The maximum absolute atomic E-state index is 12.8. The van der Waals surface area contributed by atoms with Crippen LogP contribution in [-0.2, 0) is 22.5 Å². The Morgan fingerprint density at radius 3 is 2.93 bits per heavy atom. The van der Waals surface area contributed by atoms with E-state index in [0.717, 1.165) is 57.2 Å². The average molecular weight is 371 g/mol. The predicted octanol–water partition coefficient (Wildman–Crippen LogP) is 2.70. The topological polar surface area (TPSA) is 82.5 Å². The maximum atomic E-state index is 12.8. The first kappa shape index (κ1) is 18.1. The summed E-state index contributed by atoms with van der Waals surface area (Å²) in [6.07, 6.45) is 7.55. The van der Waals surface area contributed by atoms with Crippen molar-refractivity contribution < 1.29 is 14.4 Å². The van der Waals surface area contributed by atoms with Crippen molar-refractivity contribution in [3.63, 3.8) is 0 Å². The van der Waals surface area contributed by atoms with Crippen molar-refractivity contribution in [2.24, 2.45) is 0 Å². The molecule has 0 spiro atoms. The number of hydrogen-bond acceptors (Lipinski definition) is 5. The Morgan fingerprint density at radius 2 is 2.07 bits per heavy atom. The zero-order valence-electron chi connectivity index (χ0n) is 15.4. The number of aryl methyl sites for hydroxylation is 1. The van der Waals surface area contributed by atoms with Gasteiger partial charge in [0.05, 0.1) is 10.9 Å². The summed E-state index contributed by atoms with van der Waals surface area (Å²) >= 11 is 0. The van der Waals surface area contributed by atoms with E-state index in [0.29, 0.717) is 29.6 Å². The van der Waals surface area contributed by atoms with Crippen molar-refractivity contribution in [1.82, 2.24) is 15.0 Å². The maximum Gasteiger partial charge on any atom is 0.275 e. The number of benzene rings is 1. The molecule has 1 aromatic heterocycles. The molecule has 2 aliphatic heterocycles. The minimum Gasteiger partial charge on any atom is -0.350 e. The number of amides is 1. The molecule has 1 saturated heterocycles. The molecule has 1 atom stereocenters. The number of carbonyl (C=O) groups excluding carboxylic acids is 1. The van der Waals surface area contributed by atoms with Gasteiger partial charge < -0.3 is 4.74 Å². The lowest BCUT2D eigenvalue weighted by molar-refractivity contribution is -0.186. The van der Waals surface area contributed by atoms with Gasteiger partial charge in [0, 0.05) is 31.6 Å². The number of carbonyl (C=O) groups is 1. The Kier molecular flexibility index (Phi) is 5.50. The molecule has 0 radical (unpaired) electrons. The number of rotatable bonds is 3. The molecule has 1 amide bonds. The second kappa shape index (κ2) is 8.19. The van der Waals surface area contributed by atoms with Crippen LogP contribution < -0.4 is 11.0 Å². The van der Waals surface area contributed by atoms with Gasteiger partial charge in [-0.25, -0.2) is 15.3 Å². The molecule has 144 valence electrons. The van der Waals surface area contributed by atoms with E-state index in [-0.39, 0.29) is 11.5 Å². The van der Waals surface area contributed by atoms with Crippen LogP contribution in [0.4, 0.5) is 0 Å². The number of fused-ring (bicyclic) bond motifs is 2. The lowest BCUT2D eigenvalue weighted by Crippen LogP contribution is -2.33. The molecule has 0 saturated carbocycles. The highest BCUT2D eigenvalue weighted by atomic mass is 16.8. The third-order valence-electron chi connectivity index (χ3n) is 5.25. The SMILES string of the molecule is O=C(NO[C@@H]1CCCCO1)c1ccc2c(=O)n3c(nc2c1)CCCCCC3. The molecule has 7 nitrogen and oxygen atoms in total. The van der Waals surface area contributed by atoms with Crippen molar-refractivity contribution >= 4 is 16.8 Å². The van der Waals surface area contributed by atoms with Gasteiger partial charge in [0.15, 0.2) is 6.29 Å². The van der Waals surface area contributed by atoms with E-state index in [1.165, 1.54) is 0 Å². The van der Waals surface area contributed by atoms with E-state index in [1.807, 2.05) is 0 Å². The number of nitrogens with zero attached hydrogens (tertiary/aromatic N) is 2. The number of hydroxylamine groups is 1. The standard InChI is InChI=1S/C20H25N3O4/c24-19(22-27-18-8-4-6-12-26-18)14-9-10-15-16(13-14)21-17-7-3-1-2-5-11-23(17)20(15)25/h9-10,13,18H,1-8,11-12H2,(H,22,24)/t18-/m1/s1. The summed E-state index contributed by atoms with van der Waals surface area (Å²) < 4.78 is 7.24. The van der Waals surface area contributed by atoms with Crippen molar-refractivity contribution in [1.29, 1.82) is 0 Å². The van der Waals surface area contributed by atoms with E-state index in [4.69, 9.17) is 9.57 Å². The molecular weight excluding hydrogens is 346 g/mol. The lowest BCUT2D eigenvalue weighted by atomic mass is 10.1.